The van der Waals surface area contributed by atoms with Crippen molar-refractivity contribution in [1.82, 2.24) is 0 Å². The molecule has 0 atom stereocenters. The molecule has 1 aromatic rings. The number of anilines is 2. The molecule has 0 unspecified atom stereocenters. The van der Waals surface area contributed by atoms with Gasteiger partial charge < -0.3 is 15.0 Å². The molecule has 4 nitrogen and oxygen atoms in total. The van der Waals surface area contributed by atoms with E-state index in [0.717, 1.165) is 24.5 Å². The molecule has 0 radical (unpaired) electrons. The molecule has 1 N–H and O–H groups in total. The fourth-order valence-electron chi connectivity index (χ4n) is 2.37. The van der Waals surface area contributed by atoms with Gasteiger partial charge in [0.1, 0.15) is 6.17 Å². The normalized spacial score (nSPS) is 15.8. The highest BCUT2D eigenvalue weighted by atomic mass is 35.5. The van der Waals surface area contributed by atoms with Gasteiger partial charge in [-0.3, -0.25) is 0 Å². The highest BCUT2D eigenvalue weighted by molar-refractivity contribution is 6.42. The first kappa shape index (κ1) is 13.3. The van der Waals surface area contributed by atoms with E-state index >= 15 is 0 Å². The van der Waals surface area contributed by atoms with Crippen LogP contribution >= 0.6 is 23.2 Å². The van der Waals surface area contributed by atoms with Crippen molar-refractivity contribution in [2.24, 2.45) is 5.16 Å². The molecule has 2 rings (SSSR count). The van der Waals surface area contributed by atoms with Crippen LogP contribution in [0, 0.1) is 0 Å². The lowest BCUT2D eigenvalue weighted by molar-refractivity contribution is 0.319. The highest BCUT2D eigenvalue weighted by Crippen LogP contribution is 2.43. The number of hydrogen-bond acceptors (Lipinski definition) is 4. The van der Waals surface area contributed by atoms with Crippen molar-refractivity contribution in [3.05, 3.63) is 22.2 Å². The Labute approximate surface area is 116 Å². The first-order valence-electron chi connectivity index (χ1n) is 5.83. The number of nitrogens with zero attached hydrogens (tertiary/aromatic N) is 3. The van der Waals surface area contributed by atoms with Crippen LogP contribution in [-0.2, 0) is 0 Å². The molecule has 0 bridgehead atoms. The lowest BCUT2D eigenvalue weighted by atomic mass is 10.2. The van der Waals surface area contributed by atoms with E-state index in [-0.39, 0.29) is 6.17 Å². The van der Waals surface area contributed by atoms with Gasteiger partial charge in [-0.25, -0.2) is 0 Å². The fraction of sp³-hybridized carbons (Fsp3) is 0.417. The molecule has 0 aliphatic carbocycles. The Morgan fingerprint density at radius 1 is 1.17 bits per heavy atom. The third-order valence-electron chi connectivity index (χ3n) is 3.16. The predicted molar refractivity (Wildman–Crippen MR) is 76.6 cm³/mol. The van der Waals surface area contributed by atoms with Crippen molar-refractivity contribution in [3.63, 3.8) is 0 Å². The molecular formula is C12H15Cl2N3O. The van der Waals surface area contributed by atoms with Crippen LogP contribution in [0.2, 0.25) is 10.0 Å². The second-order valence-corrected chi connectivity index (χ2v) is 4.82. The van der Waals surface area contributed by atoms with Crippen molar-refractivity contribution in [3.8, 4) is 0 Å². The van der Waals surface area contributed by atoms with Gasteiger partial charge in [-0.15, -0.1) is 0 Å². The Kier molecular flexibility index (Phi) is 3.88. The zero-order valence-corrected chi connectivity index (χ0v) is 11.8. The maximum Gasteiger partial charge on any atom is 0.142 e. The van der Waals surface area contributed by atoms with Crippen LogP contribution in [0.1, 0.15) is 13.8 Å². The lowest BCUT2D eigenvalue weighted by Gasteiger charge is -2.27. The summed E-state index contributed by atoms with van der Waals surface area (Å²) in [5, 5.41) is 13.0. The number of halogens is 2. The number of benzene rings is 1. The summed E-state index contributed by atoms with van der Waals surface area (Å²) >= 11 is 12.1. The van der Waals surface area contributed by atoms with E-state index in [1.807, 2.05) is 26.0 Å². The van der Waals surface area contributed by atoms with E-state index in [4.69, 9.17) is 28.4 Å². The minimum absolute atomic E-state index is 0.102. The van der Waals surface area contributed by atoms with Crippen LogP contribution in [0.25, 0.3) is 0 Å². The van der Waals surface area contributed by atoms with Crippen LogP contribution in [-0.4, -0.2) is 30.7 Å². The highest BCUT2D eigenvalue weighted by Gasteiger charge is 2.33. The van der Waals surface area contributed by atoms with E-state index in [2.05, 4.69) is 15.0 Å². The van der Waals surface area contributed by atoms with Gasteiger partial charge in [0.15, 0.2) is 0 Å². The standard InChI is InChI=1S/C12H15Cl2N3O/c1-3-16-10-5-8(13)9(14)6-11(10)17(4-2)12(16)7-15-18/h5-7,12,18H,3-4H2,1-2H3. The summed E-state index contributed by atoms with van der Waals surface area (Å²) in [6.07, 6.45) is 1.41. The summed E-state index contributed by atoms with van der Waals surface area (Å²) in [6, 6.07) is 3.72. The number of hydrogen-bond donors (Lipinski definition) is 1. The van der Waals surface area contributed by atoms with Gasteiger partial charge >= 0.3 is 0 Å². The molecule has 0 aromatic heterocycles. The first-order chi connectivity index (χ1) is 8.63. The Morgan fingerprint density at radius 3 is 1.94 bits per heavy atom. The van der Waals surface area contributed by atoms with Crippen molar-refractivity contribution in [1.29, 1.82) is 0 Å². The summed E-state index contributed by atoms with van der Waals surface area (Å²) in [5.41, 5.74) is 2.03. The molecule has 98 valence electrons. The summed E-state index contributed by atoms with van der Waals surface area (Å²) in [6.45, 7) is 5.67. The summed E-state index contributed by atoms with van der Waals surface area (Å²) in [7, 11) is 0. The van der Waals surface area contributed by atoms with E-state index in [1.54, 1.807) is 0 Å². The minimum Gasteiger partial charge on any atom is -0.411 e. The van der Waals surface area contributed by atoms with Gasteiger partial charge in [-0.1, -0.05) is 28.4 Å². The second kappa shape index (κ2) is 5.24. The summed E-state index contributed by atoms with van der Waals surface area (Å²) in [4.78, 5) is 4.22. The molecule has 1 aliphatic rings. The van der Waals surface area contributed by atoms with E-state index < -0.39 is 0 Å². The van der Waals surface area contributed by atoms with Crippen molar-refractivity contribution in [2.75, 3.05) is 22.9 Å². The second-order valence-electron chi connectivity index (χ2n) is 4.01. The monoisotopic (exact) mass is 287 g/mol. The Hall–Kier alpha value is -1.13. The van der Waals surface area contributed by atoms with Gasteiger partial charge in [-0.2, -0.15) is 0 Å². The largest absolute Gasteiger partial charge is 0.411 e. The van der Waals surface area contributed by atoms with Gasteiger partial charge in [0.05, 0.1) is 27.6 Å². The molecule has 0 amide bonds. The third kappa shape index (κ3) is 1.99. The molecule has 18 heavy (non-hydrogen) atoms. The SMILES string of the molecule is CCN1c2cc(Cl)c(Cl)cc2N(CC)C1C=NO. The molecule has 0 saturated carbocycles. The van der Waals surface area contributed by atoms with Crippen molar-refractivity contribution < 1.29 is 5.21 Å². The third-order valence-corrected chi connectivity index (χ3v) is 3.88. The van der Waals surface area contributed by atoms with Gasteiger partial charge in [0.2, 0.25) is 0 Å². The van der Waals surface area contributed by atoms with Crippen LogP contribution in [0.5, 0.6) is 0 Å². The van der Waals surface area contributed by atoms with E-state index in [0.29, 0.717) is 10.0 Å². The molecule has 1 aromatic carbocycles. The Bertz CT molecular complexity index is 442. The van der Waals surface area contributed by atoms with Crippen molar-refractivity contribution in [2.45, 2.75) is 20.0 Å². The van der Waals surface area contributed by atoms with E-state index in [1.165, 1.54) is 6.21 Å². The zero-order valence-electron chi connectivity index (χ0n) is 10.3. The molecule has 6 heteroatoms. The van der Waals surface area contributed by atoms with Crippen LogP contribution < -0.4 is 9.80 Å². The van der Waals surface area contributed by atoms with Crippen LogP contribution in [0.3, 0.4) is 0 Å². The lowest BCUT2D eigenvalue weighted by Crippen LogP contribution is -2.44. The molecule has 0 spiro atoms. The Balaban J connectivity index is 2.55. The molecular weight excluding hydrogens is 273 g/mol. The zero-order chi connectivity index (χ0) is 13.3. The maximum absolute atomic E-state index is 8.81. The average molecular weight is 288 g/mol. The van der Waals surface area contributed by atoms with Crippen LogP contribution in [0.4, 0.5) is 11.4 Å². The van der Waals surface area contributed by atoms with Crippen LogP contribution in [0.15, 0.2) is 17.3 Å². The number of rotatable bonds is 3. The summed E-state index contributed by atoms with van der Waals surface area (Å²) < 4.78 is 0. The molecule has 1 aliphatic heterocycles. The maximum atomic E-state index is 8.81. The smallest absolute Gasteiger partial charge is 0.142 e. The topological polar surface area (TPSA) is 39.1 Å². The number of fused-ring (bicyclic) bond motifs is 1. The first-order valence-corrected chi connectivity index (χ1v) is 6.59. The fourth-order valence-corrected chi connectivity index (χ4v) is 2.69. The molecule has 1 heterocycles. The quantitative estimate of drug-likeness (QED) is 0.526. The predicted octanol–water partition coefficient (Wildman–Crippen LogP) is 3.45. The molecule has 0 saturated heterocycles. The molecule has 0 fully saturated rings. The average Bonchev–Trinajstić information content (AvgIpc) is 2.63. The van der Waals surface area contributed by atoms with Gasteiger partial charge in [0, 0.05) is 13.1 Å². The van der Waals surface area contributed by atoms with Gasteiger partial charge in [-0.05, 0) is 26.0 Å². The van der Waals surface area contributed by atoms with Crippen molar-refractivity contribution >= 4 is 40.8 Å². The number of oxime groups is 1. The van der Waals surface area contributed by atoms with E-state index in [9.17, 15) is 0 Å². The minimum atomic E-state index is -0.102. The Morgan fingerprint density at radius 2 is 1.61 bits per heavy atom. The van der Waals surface area contributed by atoms with Gasteiger partial charge in [0.25, 0.3) is 0 Å². The summed E-state index contributed by atoms with van der Waals surface area (Å²) in [5.74, 6) is 0.